The van der Waals surface area contributed by atoms with Gasteiger partial charge in [0.15, 0.2) is 0 Å². The van der Waals surface area contributed by atoms with Crippen LogP contribution in [-0.4, -0.2) is 31.8 Å². The number of carbonyl (C=O) groups is 1. The predicted molar refractivity (Wildman–Crippen MR) is 42.6 cm³/mol. The molecule has 0 fully saturated rings. The molecule has 0 aromatic carbocycles. The number of hydrogen-bond donors (Lipinski definition) is 0. The van der Waals surface area contributed by atoms with Crippen LogP contribution in [0.3, 0.4) is 0 Å². The summed E-state index contributed by atoms with van der Waals surface area (Å²) in [5, 5.41) is 10.7. The van der Waals surface area contributed by atoms with Crippen molar-refractivity contribution in [3.63, 3.8) is 0 Å². The predicted octanol–water partition coefficient (Wildman–Crippen LogP) is -3.50. The third-order valence-corrected chi connectivity index (χ3v) is 1.25. The van der Waals surface area contributed by atoms with Gasteiger partial charge in [0.25, 0.3) is 0 Å². The van der Waals surface area contributed by atoms with Gasteiger partial charge in [-0.15, -0.1) is 0 Å². The minimum absolute atomic E-state index is 0. The summed E-state index contributed by atoms with van der Waals surface area (Å²) in [5.74, 6) is -3.56. The normalized spacial score (nSPS) is 10.8. The van der Waals surface area contributed by atoms with Crippen LogP contribution >= 0.6 is 0 Å². The summed E-state index contributed by atoms with van der Waals surface area (Å²) in [6.07, 6.45) is 0. The van der Waals surface area contributed by atoms with Crippen molar-refractivity contribution in [1.82, 2.24) is 0 Å². The molecule has 0 spiro atoms. The Morgan fingerprint density at radius 1 is 1.07 bits per heavy atom. The summed E-state index contributed by atoms with van der Waals surface area (Å²) in [6.45, 7) is 5.47. The monoisotopic (exact) mass is 230 g/mol. The average Bonchev–Trinajstić information content (AvgIpc) is 2.05. The van der Waals surface area contributed by atoms with Gasteiger partial charge in [0, 0.05) is 0 Å². The molecule has 0 aromatic rings. The SMILES string of the molecule is CCOC(OCC)(OCC)C(=O)[O-].[K+]. The molecular weight excluding hydrogens is 215 g/mol. The molecule has 0 unspecified atom stereocenters. The average molecular weight is 230 g/mol. The van der Waals surface area contributed by atoms with E-state index < -0.39 is 11.9 Å². The Labute approximate surface area is 127 Å². The molecule has 6 heteroatoms. The standard InChI is InChI=1S/C8H16O5.K/c1-4-11-8(7(9)10,12-5-2)13-6-3;/h4-6H2,1-3H3,(H,9,10);/q;+1/p-1. The molecule has 0 aliphatic heterocycles. The minimum Gasteiger partial charge on any atom is -0.542 e. The molecule has 0 heterocycles. The van der Waals surface area contributed by atoms with Gasteiger partial charge in [0.2, 0.25) is 0 Å². The van der Waals surface area contributed by atoms with E-state index in [1.54, 1.807) is 20.8 Å². The molecule has 0 aromatic heterocycles. The summed E-state index contributed by atoms with van der Waals surface area (Å²) >= 11 is 0. The molecule has 0 aliphatic carbocycles. The Hall–Kier alpha value is 0.986. The maximum atomic E-state index is 10.7. The molecule has 0 bridgehead atoms. The van der Waals surface area contributed by atoms with Gasteiger partial charge in [-0.3, -0.25) is 0 Å². The van der Waals surface area contributed by atoms with Crippen LogP contribution in [0.25, 0.3) is 0 Å². The van der Waals surface area contributed by atoms with Gasteiger partial charge in [0.1, 0.15) is 5.97 Å². The number of carbonyl (C=O) groups excluding carboxylic acids is 1. The molecule has 0 N–H and O–H groups in total. The number of aliphatic carboxylic acids is 1. The molecule has 0 atom stereocenters. The largest absolute Gasteiger partial charge is 1.00 e. The van der Waals surface area contributed by atoms with Crippen molar-refractivity contribution in [1.29, 1.82) is 0 Å². The van der Waals surface area contributed by atoms with E-state index in [2.05, 4.69) is 0 Å². The molecule has 0 rings (SSSR count). The van der Waals surface area contributed by atoms with Crippen molar-refractivity contribution in [3.05, 3.63) is 0 Å². The van der Waals surface area contributed by atoms with E-state index in [0.29, 0.717) is 0 Å². The molecule has 0 aliphatic rings. The maximum Gasteiger partial charge on any atom is 1.00 e. The molecule has 14 heavy (non-hydrogen) atoms. The summed E-state index contributed by atoms with van der Waals surface area (Å²) < 4.78 is 14.6. The number of ether oxygens (including phenoxy) is 3. The van der Waals surface area contributed by atoms with Gasteiger partial charge in [-0.2, -0.15) is 0 Å². The first-order valence-corrected chi connectivity index (χ1v) is 4.26. The van der Waals surface area contributed by atoms with Gasteiger partial charge >= 0.3 is 57.4 Å². The van der Waals surface area contributed by atoms with Crippen LogP contribution in [0.1, 0.15) is 20.8 Å². The van der Waals surface area contributed by atoms with Gasteiger partial charge in [-0.05, 0) is 20.8 Å². The van der Waals surface area contributed by atoms with E-state index in [0.717, 1.165) is 0 Å². The summed E-state index contributed by atoms with van der Waals surface area (Å²) in [4.78, 5) is 10.7. The third kappa shape index (κ3) is 5.18. The summed E-state index contributed by atoms with van der Waals surface area (Å²) in [6, 6.07) is 0. The van der Waals surface area contributed by atoms with Crippen LogP contribution in [0.5, 0.6) is 0 Å². The second-order valence-electron chi connectivity index (χ2n) is 2.14. The Morgan fingerprint density at radius 3 is 1.50 bits per heavy atom. The van der Waals surface area contributed by atoms with E-state index in [4.69, 9.17) is 14.2 Å². The van der Waals surface area contributed by atoms with E-state index in [9.17, 15) is 9.90 Å². The van der Waals surface area contributed by atoms with E-state index >= 15 is 0 Å². The van der Waals surface area contributed by atoms with Crippen molar-refractivity contribution >= 4 is 5.97 Å². The Bertz CT molecular complexity index is 145. The maximum absolute atomic E-state index is 10.7. The van der Waals surface area contributed by atoms with Crippen LogP contribution in [0.15, 0.2) is 0 Å². The first-order chi connectivity index (χ1) is 6.13. The van der Waals surface area contributed by atoms with E-state index in [1.807, 2.05) is 0 Å². The Kier molecular flexibility index (Phi) is 11.5. The van der Waals surface area contributed by atoms with E-state index in [1.165, 1.54) is 0 Å². The summed E-state index contributed by atoms with van der Waals surface area (Å²) in [5.41, 5.74) is 0. The van der Waals surface area contributed by atoms with Gasteiger partial charge in [0.05, 0.1) is 19.8 Å². The zero-order valence-electron chi connectivity index (χ0n) is 9.16. The summed E-state index contributed by atoms with van der Waals surface area (Å²) in [7, 11) is 0. The van der Waals surface area contributed by atoms with Crippen molar-refractivity contribution in [3.8, 4) is 0 Å². The van der Waals surface area contributed by atoms with Crippen molar-refractivity contribution in [2.45, 2.75) is 26.7 Å². The van der Waals surface area contributed by atoms with Gasteiger partial charge < -0.3 is 24.1 Å². The van der Waals surface area contributed by atoms with Crippen molar-refractivity contribution < 1.29 is 75.5 Å². The second-order valence-corrected chi connectivity index (χ2v) is 2.14. The van der Waals surface area contributed by atoms with Crippen LogP contribution in [0.2, 0.25) is 0 Å². The molecule has 0 saturated carbocycles. The number of carboxylic acid groups (broad SMARTS) is 1. The molecule has 0 radical (unpaired) electrons. The molecule has 0 amide bonds. The molecular formula is C8H15KO5. The first kappa shape index (κ1) is 17.4. The van der Waals surface area contributed by atoms with Crippen LogP contribution < -0.4 is 56.5 Å². The number of rotatable bonds is 7. The zero-order valence-corrected chi connectivity index (χ0v) is 12.3. The molecule has 5 nitrogen and oxygen atoms in total. The quantitative estimate of drug-likeness (QED) is 0.335. The topological polar surface area (TPSA) is 67.8 Å². The van der Waals surface area contributed by atoms with Gasteiger partial charge in [-0.25, -0.2) is 0 Å². The van der Waals surface area contributed by atoms with Crippen LogP contribution in [0.4, 0.5) is 0 Å². The minimum atomic E-state index is -2.04. The smallest absolute Gasteiger partial charge is 0.542 e. The Morgan fingerprint density at radius 2 is 1.36 bits per heavy atom. The zero-order chi connectivity index (χ0) is 10.3. The Balaban J connectivity index is 0. The third-order valence-electron chi connectivity index (χ3n) is 1.25. The van der Waals surface area contributed by atoms with Crippen LogP contribution in [-0.2, 0) is 19.0 Å². The number of hydrogen-bond acceptors (Lipinski definition) is 5. The number of carboxylic acids is 1. The van der Waals surface area contributed by atoms with Crippen LogP contribution in [0, 0.1) is 0 Å². The fourth-order valence-corrected chi connectivity index (χ4v) is 0.872. The fraction of sp³-hybridized carbons (Fsp3) is 0.875. The molecule has 0 saturated heterocycles. The first-order valence-electron chi connectivity index (χ1n) is 4.26. The second kappa shape index (κ2) is 9.23. The van der Waals surface area contributed by atoms with Gasteiger partial charge in [-0.1, -0.05) is 0 Å². The fourth-order valence-electron chi connectivity index (χ4n) is 0.872. The van der Waals surface area contributed by atoms with E-state index in [-0.39, 0.29) is 71.2 Å². The molecule has 78 valence electrons. The van der Waals surface area contributed by atoms with Crippen molar-refractivity contribution in [2.75, 3.05) is 19.8 Å². The van der Waals surface area contributed by atoms with Crippen molar-refractivity contribution in [2.24, 2.45) is 0 Å².